The molecular weight excluding hydrogens is 490 g/mol. The van der Waals surface area contributed by atoms with Crippen LogP contribution in [-0.2, 0) is 10.0 Å². The predicted molar refractivity (Wildman–Crippen MR) is 142 cm³/mol. The Balaban J connectivity index is 1.36. The van der Waals surface area contributed by atoms with Crippen molar-refractivity contribution in [2.45, 2.75) is 56.1 Å². The lowest BCUT2D eigenvalue weighted by atomic mass is 9.97. The Kier molecular flexibility index (Phi) is 7.37. The number of piperidine rings is 1. The molecule has 0 saturated carbocycles. The minimum atomic E-state index is -3.81. The fourth-order valence-corrected chi connectivity index (χ4v) is 6.58. The van der Waals surface area contributed by atoms with E-state index in [1.807, 2.05) is 24.3 Å². The molecule has 0 unspecified atom stereocenters. The smallest absolute Gasteiger partial charge is 0.251 e. The first-order valence-corrected chi connectivity index (χ1v) is 14.2. The van der Waals surface area contributed by atoms with Crippen molar-refractivity contribution in [3.8, 4) is 11.5 Å². The summed E-state index contributed by atoms with van der Waals surface area (Å²) in [4.78, 5) is 15.8. The van der Waals surface area contributed by atoms with E-state index in [0.717, 1.165) is 18.2 Å². The van der Waals surface area contributed by atoms with Crippen LogP contribution in [-0.4, -0.2) is 57.2 Å². The number of carbonyl (C=O) groups is 1. The van der Waals surface area contributed by atoms with Crippen LogP contribution >= 0.6 is 0 Å². The molecule has 3 aromatic carbocycles. The van der Waals surface area contributed by atoms with Crippen LogP contribution in [0, 0.1) is 0 Å². The van der Waals surface area contributed by atoms with Gasteiger partial charge < -0.3 is 14.8 Å². The highest BCUT2D eigenvalue weighted by Gasteiger charge is 2.29. The van der Waals surface area contributed by atoms with Crippen LogP contribution in [0.3, 0.4) is 0 Å². The molecule has 0 bridgehead atoms. The number of nitrogens with zero attached hydrogens (tertiary/aromatic N) is 1. The van der Waals surface area contributed by atoms with Gasteiger partial charge in [-0.05, 0) is 56.3 Å². The molecule has 9 heteroatoms. The number of benzene rings is 3. The van der Waals surface area contributed by atoms with E-state index in [9.17, 15) is 13.2 Å². The van der Waals surface area contributed by atoms with E-state index in [-0.39, 0.29) is 24.1 Å². The molecule has 2 N–H and O–H groups in total. The molecule has 2 aliphatic heterocycles. The summed E-state index contributed by atoms with van der Waals surface area (Å²) in [5, 5.41) is 4.59. The Labute approximate surface area is 218 Å². The third-order valence-electron chi connectivity index (χ3n) is 7.34. The highest BCUT2D eigenvalue weighted by atomic mass is 32.2. The fourth-order valence-electron chi connectivity index (χ4n) is 5.27. The Bertz CT molecular complexity index is 1380. The normalized spacial score (nSPS) is 20.6. The van der Waals surface area contributed by atoms with Crippen LogP contribution in [0.1, 0.15) is 43.5 Å². The van der Waals surface area contributed by atoms with Crippen molar-refractivity contribution in [3.05, 3.63) is 66.2 Å². The number of hydrogen-bond acceptors (Lipinski definition) is 6. The minimum absolute atomic E-state index is 0.0672. The molecule has 0 aliphatic carbocycles. The van der Waals surface area contributed by atoms with Crippen molar-refractivity contribution in [3.63, 3.8) is 0 Å². The molecule has 3 atom stereocenters. The topological polar surface area (TPSA) is 97.0 Å². The number of carbonyl (C=O) groups excluding carboxylic acids is 1. The Morgan fingerprint density at radius 3 is 2.54 bits per heavy atom. The van der Waals surface area contributed by atoms with Crippen LogP contribution < -0.4 is 19.5 Å². The van der Waals surface area contributed by atoms with Gasteiger partial charge in [0.25, 0.3) is 5.91 Å². The summed E-state index contributed by atoms with van der Waals surface area (Å²) in [5.74, 6) is 0.844. The van der Waals surface area contributed by atoms with Gasteiger partial charge in [0.15, 0.2) is 11.5 Å². The van der Waals surface area contributed by atoms with Gasteiger partial charge in [-0.3, -0.25) is 9.69 Å². The van der Waals surface area contributed by atoms with Crippen LogP contribution in [0.5, 0.6) is 11.5 Å². The predicted octanol–water partition coefficient (Wildman–Crippen LogP) is 3.91. The molecule has 0 spiro atoms. The summed E-state index contributed by atoms with van der Waals surface area (Å²) < 4.78 is 40.3. The summed E-state index contributed by atoms with van der Waals surface area (Å²) in [6, 6.07) is 18.0. The van der Waals surface area contributed by atoms with Gasteiger partial charge in [0.1, 0.15) is 0 Å². The zero-order valence-corrected chi connectivity index (χ0v) is 22.0. The average Bonchev–Trinajstić information content (AvgIpc) is 3.37. The Morgan fingerprint density at radius 2 is 1.73 bits per heavy atom. The monoisotopic (exact) mass is 523 g/mol. The SMILES string of the molecule is C[C@@H]1CCC[C@H](C)N1C[C@H](CNS(=O)(=O)c1cccc2ccccc12)NC(=O)c1ccc2c(c1)OCO2. The van der Waals surface area contributed by atoms with Gasteiger partial charge in [0, 0.05) is 36.1 Å². The number of rotatable bonds is 8. The van der Waals surface area contributed by atoms with Crippen LogP contribution in [0.25, 0.3) is 10.8 Å². The first kappa shape index (κ1) is 25.5. The maximum Gasteiger partial charge on any atom is 0.251 e. The van der Waals surface area contributed by atoms with Gasteiger partial charge in [-0.2, -0.15) is 0 Å². The van der Waals surface area contributed by atoms with Crippen molar-refractivity contribution < 1.29 is 22.7 Å². The third kappa shape index (κ3) is 5.58. The van der Waals surface area contributed by atoms with E-state index in [1.165, 1.54) is 6.42 Å². The van der Waals surface area contributed by atoms with Gasteiger partial charge in [0.2, 0.25) is 16.8 Å². The standard InChI is InChI=1S/C28H33N3O5S/c1-19-7-5-8-20(2)31(19)17-23(30-28(32)22-13-14-25-26(15-22)36-18-35-25)16-29-37(33,34)27-12-6-10-21-9-3-4-11-24(21)27/h3-4,6,9-15,19-20,23,29H,5,7-8,16-18H2,1-2H3,(H,30,32)/t19-,20+,23-/m0/s1. The molecule has 0 radical (unpaired) electrons. The number of likely N-dealkylation sites (tertiary alicyclic amines) is 1. The molecule has 0 aromatic heterocycles. The number of hydrogen-bond donors (Lipinski definition) is 2. The van der Waals surface area contributed by atoms with Gasteiger partial charge in [0.05, 0.1) is 10.9 Å². The number of nitrogens with one attached hydrogen (secondary N) is 2. The second-order valence-electron chi connectivity index (χ2n) is 9.89. The summed E-state index contributed by atoms with van der Waals surface area (Å²) in [6.07, 6.45) is 3.32. The lowest BCUT2D eigenvalue weighted by Crippen LogP contribution is -2.54. The van der Waals surface area contributed by atoms with E-state index >= 15 is 0 Å². The maximum absolute atomic E-state index is 13.4. The fraction of sp³-hybridized carbons (Fsp3) is 0.393. The minimum Gasteiger partial charge on any atom is -0.454 e. The first-order valence-electron chi connectivity index (χ1n) is 12.8. The molecule has 1 fully saturated rings. The zero-order chi connectivity index (χ0) is 26.0. The van der Waals surface area contributed by atoms with Crippen molar-refractivity contribution >= 4 is 26.7 Å². The van der Waals surface area contributed by atoms with Crippen molar-refractivity contribution in [1.29, 1.82) is 0 Å². The van der Waals surface area contributed by atoms with Gasteiger partial charge in [-0.15, -0.1) is 0 Å². The highest BCUT2D eigenvalue weighted by Crippen LogP contribution is 2.32. The van der Waals surface area contributed by atoms with Gasteiger partial charge in [-0.1, -0.05) is 42.8 Å². The molecule has 2 aliphatic rings. The molecule has 2 heterocycles. The molecular formula is C28H33N3O5S. The molecule has 8 nitrogen and oxygen atoms in total. The molecule has 1 amide bonds. The third-order valence-corrected chi connectivity index (χ3v) is 8.82. The molecule has 37 heavy (non-hydrogen) atoms. The van der Waals surface area contributed by atoms with E-state index in [2.05, 4.69) is 28.8 Å². The number of fused-ring (bicyclic) bond motifs is 2. The summed E-state index contributed by atoms with van der Waals surface area (Å²) in [6.45, 7) is 5.11. The van der Waals surface area contributed by atoms with E-state index < -0.39 is 16.1 Å². The first-order chi connectivity index (χ1) is 17.8. The second-order valence-corrected chi connectivity index (χ2v) is 11.6. The quantitative estimate of drug-likeness (QED) is 0.465. The highest BCUT2D eigenvalue weighted by molar-refractivity contribution is 7.89. The summed E-state index contributed by atoms with van der Waals surface area (Å²) >= 11 is 0. The molecule has 196 valence electrons. The van der Waals surface area contributed by atoms with Crippen molar-refractivity contribution in [2.75, 3.05) is 19.9 Å². The largest absolute Gasteiger partial charge is 0.454 e. The van der Waals surface area contributed by atoms with Crippen LogP contribution in [0.2, 0.25) is 0 Å². The van der Waals surface area contributed by atoms with Gasteiger partial charge in [-0.25, -0.2) is 13.1 Å². The molecule has 5 rings (SSSR count). The van der Waals surface area contributed by atoms with Crippen molar-refractivity contribution in [1.82, 2.24) is 14.9 Å². The van der Waals surface area contributed by atoms with E-state index in [4.69, 9.17) is 9.47 Å². The van der Waals surface area contributed by atoms with Crippen molar-refractivity contribution in [2.24, 2.45) is 0 Å². The van der Waals surface area contributed by atoms with E-state index in [0.29, 0.717) is 41.1 Å². The number of amides is 1. The Morgan fingerprint density at radius 1 is 1.00 bits per heavy atom. The summed E-state index contributed by atoms with van der Waals surface area (Å²) in [7, 11) is -3.81. The van der Waals surface area contributed by atoms with E-state index in [1.54, 1.807) is 36.4 Å². The second kappa shape index (κ2) is 10.7. The van der Waals surface area contributed by atoms with Crippen LogP contribution in [0.15, 0.2) is 65.6 Å². The zero-order valence-electron chi connectivity index (χ0n) is 21.1. The lowest BCUT2D eigenvalue weighted by molar-refractivity contribution is 0.0798. The number of sulfonamides is 1. The van der Waals surface area contributed by atoms with Crippen LogP contribution in [0.4, 0.5) is 0 Å². The lowest BCUT2D eigenvalue weighted by Gasteiger charge is -2.41. The molecule has 3 aromatic rings. The molecule has 1 saturated heterocycles. The van der Waals surface area contributed by atoms with Gasteiger partial charge >= 0.3 is 0 Å². The number of ether oxygens (including phenoxy) is 2. The summed E-state index contributed by atoms with van der Waals surface area (Å²) in [5.41, 5.74) is 0.436. The average molecular weight is 524 g/mol. The Hall–Kier alpha value is -3.14. The maximum atomic E-state index is 13.4.